The third kappa shape index (κ3) is 7.22. The molecule has 0 amide bonds. The molecule has 2 saturated carbocycles. The number of benzene rings is 1. The van der Waals surface area contributed by atoms with Crippen LogP contribution in [0.5, 0.6) is 0 Å². The lowest BCUT2D eigenvalue weighted by molar-refractivity contribution is -0.137. The van der Waals surface area contributed by atoms with E-state index in [4.69, 9.17) is 0 Å². The summed E-state index contributed by atoms with van der Waals surface area (Å²) >= 11 is 0. The molecule has 3 heteroatoms. The second-order valence-corrected chi connectivity index (χ2v) is 9.36. The highest BCUT2D eigenvalue weighted by atomic mass is 19.4. The fourth-order valence-corrected chi connectivity index (χ4v) is 5.12. The maximum Gasteiger partial charge on any atom is 0.416 e. The van der Waals surface area contributed by atoms with E-state index >= 15 is 0 Å². The van der Waals surface area contributed by atoms with Crippen LogP contribution in [0.25, 0.3) is 0 Å². The Hall–Kier alpha value is -1.69. The van der Waals surface area contributed by atoms with Crippen LogP contribution >= 0.6 is 0 Å². The van der Waals surface area contributed by atoms with Gasteiger partial charge in [-0.05, 0) is 79.7 Å². The van der Waals surface area contributed by atoms with Gasteiger partial charge in [-0.25, -0.2) is 0 Å². The van der Waals surface area contributed by atoms with E-state index in [9.17, 15) is 13.2 Å². The predicted octanol–water partition coefficient (Wildman–Crippen LogP) is 8.42. The van der Waals surface area contributed by atoms with Crippen LogP contribution in [0.1, 0.15) is 88.7 Å². The van der Waals surface area contributed by atoms with Crippen LogP contribution < -0.4 is 0 Å². The van der Waals surface area contributed by atoms with Gasteiger partial charge in [0.15, 0.2) is 0 Å². The first kappa shape index (κ1) is 23.0. The molecule has 0 bridgehead atoms. The lowest BCUT2D eigenvalue weighted by Gasteiger charge is -2.31. The number of alkyl halides is 3. The van der Waals surface area contributed by atoms with E-state index in [2.05, 4.69) is 24.8 Å². The third-order valence-electron chi connectivity index (χ3n) is 7.30. The number of hydrogen-bond donors (Lipinski definition) is 0. The highest BCUT2D eigenvalue weighted by Gasteiger charge is 2.29. The molecule has 164 valence electrons. The Morgan fingerprint density at radius 3 is 1.90 bits per heavy atom. The molecule has 0 saturated heterocycles. The summed E-state index contributed by atoms with van der Waals surface area (Å²) in [4.78, 5) is 0. The number of hydrogen-bond acceptors (Lipinski definition) is 0. The Labute approximate surface area is 180 Å². The van der Waals surface area contributed by atoms with Gasteiger partial charge < -0.3 is 0 Å². The first-order valence-corrected chi connectivity index (χ1v) is 11.8. The zero-order valence-electron chi connectivity index (χ0n) is 18.2. The van der Waals surface area contributed by atoms with Crippen molar-refractivity contribution in [2.24, 2.45) is 23.7 Å². The van der Waals surface area contributed by atoms with Crippen LogP contribution in [0.2, 0.25) is 0 Å². The summed E-state index contributed by atoms with van der Waals surface area (Å²) in [5.41, 5.74) is -0.0154. The highest BCUT2D eigenvalue weighted by molar-refractivity contribution is 5.39. The lowest BCUT2D eigenvalue weighted by atomic mass is 9.75. The first-order chi connectivity index (χ1) is 14.4. The smallest absolute Gasteiger partial charge is 0.166 e. The monoisotopic (exact) mass is 416 g/mol. The fraction of sp³-hybridized carbons (Fsp3) is 0.630. The minimum Gasteiger partial charge on any atom is -0.166 e. The normalized spacial score (nSPS) is 27.6. The fourth-order valence-electron chi connectivity index (χ4n) is 5.12. The van der Waals surface area contributed by atoms with Crippen molar-refractivity contribution in [3.05, 3.63) is 47.5 Å². The Bertz CT molecular complexity index is 716. The Morgan fingerprint density at radius 2 is 1.37 bits per heavy atom. The van der Waals surface area contributed by atoms with Gasteiger partial charge in [-0.1, -0.05) is 69.8 Å². The molecule has 0 aliphatic heterocycles. The molecule has 0 radical (unpaired) electrons. The molecule has 1 aromatic rings. The van der Waals surface area contributed by atoms with Crippen molar-refractivity contribution in [2.75, 3.05) is 0 Å². The van der Waals surface area contributed by atoms with Gasteiger partial charge in [0.25, 0.3) is 0 Å². The molecule has 30 heavy (non-hydrogen) atoms. The Balaban J connectivity index is 1.35. The average molecular weight is 417 g/mol. The molecule has 0 unspecified atom stereocenters. The second-order valence-electron chi connectivity index (χ2n) is 9.36. The zero-order valence-corrected chi connectivity index (χ0v) is 18.2. The zero-order chi connectivity index (χ0) is 21.4. The molecule has 0 spiro atoms. The molecule has 2 aliphatic rings. The summed E-state index contributed by atoms with van der Waals surface area (Å²) in [5, 5.41) is 0. The molecule has 0 atom stereocenters. The predicted molar refractivity (Wildman–Crippen MR) is 118 cm³/mol. The van der Waals surface area contributed by atoms with Gasteiger partial charge in [-0.2, -0.15) is 13.2 Å². The van der Waals surface area contributed by atoms with Gasteiger partial charge >= 0.3 is 6.18 Å². The summed E-state index contributed by atoms with van der Waals surface area (Å²) in [6, 6.07) is 5.04. The molecule has 3 rings (SSSR count). The van der Waals surface area contributed by atoms with Crippen molar-refractivity contribution >= 4 is 0 Å². The summed E-state index contributed by atoms with van der Waals surface area (Å²) in [5.74, 6) is 9.38. The Kier molecular flexibility index (Phi) is 8.49. The van der Waals surface area contributed by atoms with E-state index in [1.54, 1.807) is 0 Å². The summed E-state index contributed by atoms with van der Waals surface area (Å²) in [7, 11) is 0. The molecule has 1 aromatic carbocycles. The second kappa shape index (κ2) is 11.1. The quantitative estimate of drug-likeness (QED) is 0.423. The van der Waals surface area contributed by atoms with E-state index in [1.165, 1.54) is 82.8 Å². The topological polar surface area (TPSA) is 0 Å². The minimum atomic E-state index is -4.29. The molecule has 2 aliphatic carbocycles. The molecule has 0 heterocycles. The van der Waals surface area contributed by atoms with E-state index in [0.29, 0.717) is 11.5 Å². The Morgan fingerprint density at radius 1 is 0.833 bits per heavy atom. The van der Waals surface area contributed by atoms with Gasteiger partial charge in [-0.15, -0.1) is 0 Å². The molecule has 0 N–H and O–H groups in total. The van der Waals surface area contributed by atoms with Crippen LogP contribution in [-0.2, 0) is 6.18 Å². The first-order valence-electron chi connectivity index (χ1n) is 11.8. The summed E-state index contributed by atoms with van der Waals surface area (Å²) in [6.45, 7) is 2.33. The summed E-state index contributed by atoms with van der Waals surface area (Å²) in [6.07, 6.45) is 14.9. The number of halogens is 3. The van der Waals surface area contributed by atoms with Crippen LogP contribution in [0.4, 0.5) is 13.2 Å². The molecular weight excluding hydrogens is 381 g/mol. The van der Waals surface area contributed by atoms with Crippen LogP contribution in [0.3, 0.4) is 0 Å². The maximum atomic E-state index is 12.6. The minimum absolute atomic E-state index is 0.600. The number of rotatable bonds is 5. The van der Waals surface area contributed by atoms with Crippen molar-refractivity contribution in [1.29, 1.82) is 0 Å². The average Bonchev–Trinajstić information content (AvgIpc) is 2.76. The van der Waals surface area contributed by atoms with Gasteiger partial charge in [0.1, 0.15) is 0 Å². The molecule has 2 fully saturated rings. The molecular formula is C27H35F3. The van der Waals surface area contributed by atoms with Gasteiger partial charge in [0, 0.05) is 5.56 Å². The molecule has 0 nitrogen and oxygen atoms in total. The standard InChI is InChI=1S/C27H35F3/c1-2-21-7-9-24(10-8-21)15-16-25-13-11-22(12-14-25)5-3-4-6-23-17-19-26(20-18-23)27(28,29)30/h3,5,17-22,24-25H,2,7-16H2,1H3. The lowest BCUT2D eigenvalue weighted by Crippen LogP contribution is -2.17. The maximum absolute atomic E-state index is 12.6. The number of allylic oxidation sites excluding steroid dienone is 2. The van der Waals surface area contributed by atoms with E-state index < -0.39 is 11.7 Å². The SMILES string of the molecule is CCC1CCC(CCC2CCC(C=CC#Cc3ccc(C(F)(F)F)cc3)CC2)CC1. The van der Waals surface area contributed by atoms with Crippen molar-refractivity contribution in [3.63, 3.8) is 0 Å². The van der Waals surface area contributed by atoms with Gasteiger partial charge in [-0.3, -0.25) is 0 Å². The summed E-state index contributed by atoms with van der Waals surface area (Å²) < 4.78 is 37.7. The van der Waals surface area contributed by atoms with Crippen molar-refractivity contribution < 1.29 is 13.2 Å². The van der Waals surface area contributed by atoms with Gasteiger partial charge in [0.05, 0.1) is 5.56 Å². The van der Waals surface area contributed by atoms with Gasteiger partial charge in [0.2, 0.25) is 0 Å². The van der Waals surface area contributed by atoms with Crippen LogP contribution in [0.15, 0.2) is 36.4 Å². The van der Waals surface area contributed by atoms with Crippen molar-refractivity contribution in [3.8, 4) is 11.8 Å². The van der Waals surface area contributed by atoms with Crippen molar-refractivity contribution in [1.82, 2.24) is 0 Å². The van der Waals surface area contributed by atoms with E-state index in [1.807, 2.05) is 6.08 Å². The van der Waals surface area contributed by atoms with Crippen molar-refractivity contribution in [2.45, 2.75) is 83.7 Å². The van der Waals surface area contributed by atoms with Crippen LogP contribution in [0, 0.1) is 35.5 Å². The molecule has 0 aromatic heterocycles. The largest absolute Gasteiger partial charge is 0.416 e. The van der Waals surface area contributed by atoms with E-state index in [-0.39, 0.29) is 0 Å². The highest BCUT2D eigenvalue weighted by Crippen LogP contribution is 2.37. The van der Waals surface area contributed by atoms with E-state index in [0.717, 1.165) is 29.9 Å². The third-order valence-corrected chi connectivity index (χ3v) is 7.30. The van der Waals surface area contributed by atoms with Crippen LogP contribution in [-0.4, -0.2) is 0 Å².